The fourth-order valence-corrected chi connectivity index (χ4v) is 5.28. The molecule has 0 aromatic carbocycles. The zero-order valence-corrected chi connectivity index (χ0v) is 25.8. The van der Waals surface area contributed by atoms with Crippen LogP contribution in [-0.4, -0.2) is 95.7 Å². The van der Waals surface area contributed by atoms with Gasteiger partial charge in [0.2, 0.25) is 18.5 Å². The molecule has 4 N–H and O–H groups in total. The molecule has 0 saturated carbocycles. The van der Waals surface area contributed by atoms with E-state index >= 15 is 0 Å². The summed E-state index contributed by atoms with van der Waals surface area (Å²) in [5, 5.41) is 21.1. The smallest absolute Gasteiger partial charge is 0.432 e. The van der Waals surface area contributed by atoms with Crippen LogP contribution in [0.15, 0.2) is 17.0 Å². The molecule has 250 valence electrons. The second kappa shape index (κ2) is 16.4. The molecule has 19 heteroatoms. The molecule has 7 atom stereocenters. The highest BCUT2D eigenvalue weighted by Crippen LogP contribution is 2.52. The molecule has 2 aliphatic heterocycles. The minimum atomic E-state index is -4.81. The van der Waals surface area contributed by atoms with Gasteiger partial charge in [0, 0.05) is 6.42 Å². The normalized spacial score (nSPS) is 26.6. The summed E-state index contributed by atoms with van der Waals surface area (Å²) < 4.78 is 68.3. The molecule has 0 aliphatic carbocycles. The average molecular weight is 657 g/mol. The van der Waals surface area contributed by atoms with Crippen molar-refractivity contribution in [3.8, 4) is 0 Å². The lowest BCUT2D eigenvalue weighted by Crippen LogP contribution is -2.35. The van der Waals surface area contributed by atoms with Crippen molar-refractivity contribution in [2.75, 3.05) is 6.61 Å². The third-order valence-corrected chi connectivity index (χ3v) is 7.25. The van der Waals surface area contributed by atoms with Crippen LogP contribution >= 0.6 is 7.82 Å². The Morgan fingerprint density at radius 3 is 1.95 bits per heavy atom. The van der Waals surface area contributed by atoms with Gasteiger partial charge in [-0.25, -0.2) is 28.2 Å². The maximum atomic E-state index is 14.1. The molecule has 2 aliphatic rings. The van der Waals surface area contributed by atoms with Gasteiger partial charge in [-0.15, -0.1) is 0 Å². The number of amides is 1. The number of carbonyl (C=O) groups excluding carboxylic acids is 4. The van der Waals surface area contributed by atoms with E-state index in [1.807, 2.05) is 0 Å². The van der Waals surface area contributed by atoms with Crippen LogP contribution in [0.4, 0.5) is 14.0 Å². The number of rotatable bonds is 14. The van der Waals surface area contributed by atoms with Crippen molar-refractivity contribution in [2.24, 2.45) is 16.6 Å². The fourth-order valence-electron chi connectivity index (χ4n) is 3.96. The van der Waals surface area contributed by atoms with Gasteiger partial charge in [0.1, 0.15) is 18.3 Å². The molecule has 0 aromatic heterocycles. The second-order valence-electron chi connectivity index (χ2n) is 10.3. The molecular formula is C25H38FN2O15P. The van der Waals surface area contributed by atoms with Crippen LogP contribution in [0.1, 0.15) is 54.4 Å². The number of nitrogens with zero attached hydrogens (tertiary/aromatic N) is 1. The Hall–Kier alpha value is -2.99. The Morgan fingerprint density at radius 1 is 0.977 bits per heavy atom. The van der Waals surface area contributed by atoms with Crippen molar-refractivity contribution in [1.82, 2.24) is 0 Å². The summed E-state index contributed by atoms with van der Waals surface area (Å²) in [6.45, 7) is 7.80. The Bertz CT molecular complexity index is 1130. The first-order valence-electron chi connectivity index (χ1n) is 13.6. The van der Waals surface area contributed by atoms with E-state index in [4.69, 9.17) is 43.0 Å². The maximum absolute atomic E-state index is 14.1. The van der Waals surface area contributed by atoms with Gasteiger partial charge in [0.25, 0.3) is 5.91 Å². The van der Waals surface area contributed by atoms with Gasteiger partial charge in [0.15, 0.2) is 11.5 Å². The molecule has 2 unspecified atom stereocenters. The van der Waals surface area contributed by atoms with Crippen LogP contribution in [0.5, 0.6) is 0 Å². The molecule has 2 heterocycles. The minimum absolute atomic E-state index is 0.203. The molecule has 0 aromatic rings. The lowest BCUT2D eigenvalue weighted by Gasteiger charge is -2.25. The van der Waals surface area contributed by atoms with Crippen LogP contribution in [-0.2, 0) is 51.4 Å². The van der Waals surface area contributed by atoms with Crippen LogP contribution in [0.2, 0.25) is 0 Å². The number of allylic oxidation sites excluding steroid dienone is 1. The summed E-state index contributed by atoms with van der Waals surface area (Å²) in [6, 6.07) is 0. The van der Waals surface area contributed by atoms with E-state index in [-0.39, 0.29) is 12.8 Å². The van der Waals surface area contributed by atoms with Crippen molar-refractivity contribution in [3.63, 3.8) is 0 Å². The van der Waals surface area contributed by atoms with Crippen molar-refractivity contribution in [3.05, 3.63) is 12.0 Å². The Morgan fingerprint density at radius 2 is 1.48 bits per heavy atom. The molecule has 2 rings (SSSR count). The molecule has 44 heavy (non-hydrogen) atoms. The SMILES string of the molecule is CC(C)OC(=O)OC(C)OP(=O)(OC[C@H]1O[C@@H](C[C@@H]2C=C(F)N=C(C(N)=O)C(=O)C2)[C@H](O)[C@@H]1O)OC(C)OC(=O)OC(C)C. The Labute approximate surface area is 252 Å². The summed E-state index contributed by atoms with van der Waals surface area (Å²) in [5.74, 6) is -4.07. The van der Waals surface area contributed by atoms with Gasteiger partial charge in [-0.1, -0.05) is 0 Å². The number of hydrogen-bond donors (Lipinski definition) is 3. The molecule has 1 saturated heterocycles. The Balaban J connectivity index is 2.11. The first-order valence-corrected chi connectivity index (χ1v) is 15.0. The average Bonchev–Trinajstić information content (AvgIpc) is 3.02. The first-order chi connectivity index (χ1) is 20.4. The van der Waals surface area contributed by atoms with E-state index in [0.29, 0.717) is 0 Å². The van der Waals surface area contributed by atoms with Gasteiger partial charge in [-0.05, 0) is 60.0 Å². The number of halogens is 1. The zero-order valence-electron chi connectivity index (χ0n) is 24.9. The van der Waals surface area contributed by atoms with Crippen LogP contribution in [0.3, 0.4) is 0 Å². The van der Waals surface area contributed by atoms with Crippen molar-refractivity contribution in [1.29, 1.82) is 0 Å². The predicted octanol–water partition coefficient (Wildman–Crippen LogP) is 2.16. The lowest BCUT2D eigenvalue weighted by molar-refractivity contribution is -0.118. The highest BCUT2D eigenvalue weighted by atomic mass is 31.2. The number of primary amides is 1. The van der Waals surface area contributed by atoms with Crippen molar-refractivity contribution < 1.29 is 75.6 Å². The van der Waals surface area contributed by atoms with Crippen molar-refractivity contribution in [2.45, 2.75) is 104 Å². The topological polar surface area (TPSA) is 238 Å². The number of carbonyl (C=O) groups is 4. The minimum Gasteiger partial charge on any atom is -0.432 e. The van der Waals surface area contributed by atoms with E-state index < -0.39 is 105 Å². The molecular weight excluding hydrogens is 618 g/mol. The number of ketones is 1. The summed E-state index contributed by atoms with van der Waals surface area (Å²) in [7, 11) is -4.81. The van der Waals surface area contributed by atoms with E-state index in [2.05, 4.69) is 4.99 Å². The van der Waals surface area contributed by atoms with Gasteiger partial charge < -0.3 is 39.6 Å². The van der Waals surface area contributed by atoms with E-state index in [9.17, 15) is 38.3 Å². The van der Waals surface area contributed by atoms with Gasteiger partial charge in [-0.2, -0.15) is 4.39 Å². The fraction of sp³-hybridized carbons (Fsp3) is 0.720. The number of phosphoric acid groups is 1. The quantitative estimate of drug-likeness (QED) is 0.105. The molecule has 17 nitrogen and oxygen atoms in total. The van der Waals surface area contributed by atoms with E-state index in [1.54, 1.807) is 27.7 Å². The van der Waals surface area contributed by atoms with Gasteiger partial charge >= 0.3 is 20.1 Å². The number of aliphatic hydroxyl groups is 2. The maximum Gasteiger partial charge on any atom is 0.510 e. The highest BCUT2D eigenvalue weighted by molar-refractivity contribution is 7.48. The summed E-state index contributed by atoms with van der Waals surface area (Å²) in [4.78, 5) is 50.6. The summed E-state index contributed by atoms with van der Waals surface area (Å²) in [5.41, 5.74) is 4.31. The van der Waals surface area contributed by atoms with Crippen LogP contribution in [0, 0.1) is 5.92 Å². The largest absolute Gasteiger partial charge is 0.510 e. The first kappa shape index (κ1) is 37.2. The van der Waals surface area contributed by atoms with Gasteiger partial charge in [0.05, 0.1) is 24.9 Å². The number of phosphoric ester groups is 1. The molecule has 0 bridgehead atoms. The monoisotopic (exact) mass is 656 g/mol. The van der Waals surface area contributed by atoms with E-state index in [1.165, 1.54) is 0 Å². The Kier molecular flexibility index (Phi) is 13.8. The summed E-state index contributed by atoms with van der Waals surface area (Å²) >= 11 is 0. The number of nitrogens with two attached hydrogens (primary N) is 1. The lowest BCUT2D eigenvalue weighted by atomic mass is 9.92. The number of aliphatic hydroxyl groups excluding tert-OH is 2. The number of ether oxygens (including phenoxy) is 5. The third-order valence-electron chi connectivity index (χ3n) is 5.67. The van der Waals surface area contributed by atoms with Gasteiger partial charge in [-0.3, -0.25) is 14.1 Å². The highest BCUT2D eigenvalue weighted by Gasteiger charge is 2.46. The predicted molar refractivity (Wildman–Crippen MR) is 144 cm³/mol. The molecule has 1 fully saturated rings. The van der Waals surface area contributed by atoms with Crippen molar-refractivity contribution >= 4 is 37.5 Å². The standard InChI is InChI=1S/C25H38FN2O15P/c1-11(2)37-24(33)39-13(5)42-44(35,43-14(6)40-25(34)38-12(3)4)36-10-18-22(31)21(30)17(41-18)8-15-7-16(29)20(23(27)32)28-19(26)9-15/h9,11-15,17-18,21-22,30-31H,7-8,10H2,1-6H3,(H2,27,32)/t13?,14?,15-,17+,18-,21+,22-,44?/m1/s1. The van der Waals surface area contributed by atoms with E-state index in [0.717, 1.165) is 19.9 Å². The number of hydrogen-bond acceptors (Lipinski definition) is 16. The summed E-state index contributed by atoms with van der Waals surface area (Å²) in [6.07, 6.45) is -12.0. The van der Waals surface area contributed by atoms with Crippen LogP contribution in [0.25, 0.3) is 0 Å². The molecule has 1 amide bonds. The number of aliphatic imine (C=N–C) groups is 1. The molecule has 0 radical (unpaired) electrons. The van der Waals surface area contributed by atoms with Crippen LogP contribution < -0.4 is 5.73 Å². The molecule has 0 spiro atoms. The number of Topliss-reactive ketones (excluding diaryl/α,β-unsaturated/α-hetero) is 1. The third kappa shape index (κ3) is 11.8. The zero-order chi connectivity index (χ0) is 33.4. The second-order valence-corrected chi connectivity index (χ2v) is 11.9.